The minimum Gasteiger partial charge on any atom is -0.490 e. The highest BCUT2D eigenvalue weighted by Gasteiger charge is 2.18. The highest BCUT2D eigenvalue weighted by atomic mass is 35.5. The molecule has 5 nitrogen and oxygen atoms in total. The highest BCUT2D eigenvalue weighted by Crippen LogP contribution is 2.38. The van der Waals surface area contributed by atoms with Crippen molar-refractivity contribution in [1.82, 2.24) is 0 Å². The van der Waals surface area contributed by atoms with E-state index in [4.69, 9.17) is 42.1 Å². The summed E-state index contributed by atoms with van der Waals surface area (Å²) in [6, 6.07) is 7.39. The maximum atomic E-state index is 6.38. The third kappa shape index (κ3) is 3.59. The Balaban J connectivity index is 1.58. The molecule has 1 N–H and O–H groups in total. The summed E-state index contributed by atoms with van der Waals surface area (Å²) in [5.74, 6) is 2.18. The van der Waals surface area contributed by atoms with Gasteiger partial charge in [-0.3, -0.25) is 0 Å². The lowest BCUT2D eigenvalue weighted by molar-refractivity contribution is -0.0169. The lowest BCUT2D eigenvalue weighted by atomic mass is 10.1. The zero-order valence-corrected chi connectivity index (χ0v) is 15.0. The molecule has 132 valence electrons. The Hall–Kier alpha value is -1.82. The van der Waals surface area contributed by atoms with Gasteiger partial charge >= 0.3 is 0 Å². The van der Waals surface area contributed by atoms with Crippen LogP contribution in [0.25, 0.3) is 0 Å². The second-order valence-corrected chi connectivity index (χ2v) is 6.69. The van der Waals surface area contributed by atoms with Crippen molar-refractivity contribution < 1.29 is 18.9 Å². The van der Waals surface area contributed by atoms with Gasteiger partial charge in [-0.2, -0.15) is 0 Å². The molecule has 0 spiro atoms. The van der Waals surface area contributed by atoms with Crippen molar-refractivity contribution in [2.45, 2.75) is 19.6 Å². The molecule has 25 heavy (non-hydrogen) atoms. The van der Waals surface area contributed by atoms with Crippen molar-refractivity contribution >= 4 is 28.9 Å². The fourth-order valence-electron chi connectivity index (χ4n) is 2.90. The largest absolute Gasteiger partial charge is 0.490 e. The van der Waals surface area contributed by atoms with E-state index < -0.39 is 0 Å². The molecular weight excluding hydrogens is 365 g/mol. The first-order valence-corrected chi connectivity index (χ1v) is 8.81. The smallest absolute Gasteiger partial charge is 0.189 e. The Kier molecular flexibility index (Phi) is 4.79. The van der Waals surface area contributed by atoms with E-state index in [0.717, 1.165) is 29.0 Å². The van der Waals surface area contributed by atoms with Crippen LogP contribution in [0.4, 0.5) is 5.69 Å². The predicted octanol–water partition coefficient (Wildman–Crippen LogP) is 4.63. The number of rotatable bonds is 3. The lowest BCUT2D eigenvalue weighted by Crippen LogP contribution is -2.14. The number of halogens is 2. The van der Waals surface area contributed by atoms with Crippen molar-refractivity contribution in [3.05, 3.63) is 45.4 Å². The Labute approximate surface area is 155 Å². The Morgan fingerprint density at radius 2 is 1.76 bits per heavy atom. The third-order valence-corrected chi connectivity index (χ3v) is 4.59. The van der Waals surface area contributed by atoms with Gasteiger partial charge in [-0.25, -0.2) is 0 Å². The van der Waals surface area contributed by atoms with Gasteiger partial charge in [-0.1, -0.05) is 23.2 Å². The van der Waals surface area contributed by atoms with E-state index in [9.17, 15) is 0 Å². The monoisotopic (exact) mass is 381 g/mol. The Morgan fingerprint density at radius 1 is 0.960 bits per heavy atom. The number of anilines is 1. The Morgan fingerprint density at radius 3 is 2.60 bits per heavy atom. The molecule has 0 unspecified atom stereocenters. The van der Waals surface area contributed by atoms with E-state index in [2.05, 4.69) is 5.32 Å². The predicted molar refractivity (Wildman–Crippen MR) is 96.1 cm³/mol. The molecule has 0 aliphatic carbocycles. The number of fused-ring (bicyclic) bond motifs is 2. The molecule has 0 fully saturated rings. The number of hydrogen-bond donors (Lipinski definition) is 1. The van der Waals surface area contributed by atoms with E-state index in [1.807, 2.05) is 18.2 Å². The molecule has 2 aromatic carbocycles. The molecule has 0 saturated heterocycles. The number of hydrogen-bond acceptors (Lipinski definition) is 5. The summed E-state index contributed by atoms with van der Waals surface area (Å²) >= 11 is 12.6. The van der Waals surface area contributed by atoms with E-state index >= 15 is 0 Å². The van der Waals surface area contributed by atoms with Crippen molar-refractivity contribution in [1.29, 1.82) is 0 Å². The van der Waals surface area contributed by atoms with Crippen molar-refractivity contribution in [2.75, 3.05) is 25.3 Å². The quantitative estimate of drug-likeness (QED) is 0.839. The first kappa shape index (κ1) is 16.6. The zero-order valence-electron chi connectivity index (χ0n) is 13.4. The summed E-state index contributed by atoms with van der Waals surface area (Å²) in [7, 11) is 0. The summed E-state index contributed by atoms with van der Waals surface area (Å²) in [5.41, 5.74) is 2.67. The molecule has 0 atom stereocenters. The Bertz CT molecular complexity index is 797. The zero-order chi connectivity index (χ0) is 17.2. The van der Waals surface area contributed by atoms with Crippen molar-refractivity contribution in [2.24, 2.45) is 0 Å². The van der Waals surface area contributed by atoms with Gasteiger partial charge in [0.15, 0.2) is 18.3 Å². The second kappa shape index (κ2) is 7.20. The van der Waals surface area contributed by atoms with Gasteiger partial charge in [0.2, 0.25) is 0 Å². The summed E-state index contributed by atoms with van der Waals surface area (Å²) in [5, 5.41) is 4.55. The van der Waals surface area contributed by atoms with E-state index in [0.29, 0.717) is 47.9 Å². The minimum absolute atomic E-state index is 0.242. The van der Waals surface area contributed by atoms with E-state index in [-0.39, 0.29) is 6.79 Å². The number of benzene rings is 2. The molecule has 0 amide bonds. The van der Waals surface area contributed by atoms with Gasteiger partial charge in [-0.15, -0.1) is 0 Å². The third-order valence-electron chi connectivity index (χ3n) is 4.06. The maximum absolute atomic E-state index is 6.38. The van der Waals surface area contributed by atoms with Gasteiger partial charge in [0, 0.05) is 41.2 Å². The molecule has 2 aromatic rings. The van der Waals surface area contributed by atoms with Gasteiger partial charge in [0.25, 0.3) is 0 Å². The first-order valence-electron chi connectivity index (χ1n) is 8.05. The van der Waals surface area contributed by atoms with Crippen LogP contribution in [-0.2, 0) is 17.9 Å². The first-order chi connectivity index (χ1) is 12.2. The molecule has 0 aromatic heterocycles. The van der Waals surface area contributed by atoms with Crippen LogP contribution in [0.3, 0.4) is 0 Å². The maximum Gasteiger partial charge on any atom is 0.189 e. The molecule has 7 heteroatoms. The molecule has 2 heterocycles. The fourth-order valence-corrected chi connectivity index (χ4v) is 3.38. The van der Waals surface area contributed by atoms with Crippen molar-refractivity contribution in [3.8, 4) is 17.2 Å². The lowest BCUT2D eigenvalue weighted by Gasteiger charge is -2.22. The number of nitrogens with one attached hydrogen (secondary N) is 1. The van der Waals surface area contributed by atoms with Crippen LogP contribution < -0.4 is 19.5 Å². The molecule has 2 aliphatic rings. The van der Waals surface area contributed by atoms with Crippen LogP contribution in [0.5, 0.6) is 17.2 Å². The molecular formula is C18H17Cl2NO4. The van der Waals surface area contributed by atoms with Gasteiger partial charge in [0.1, 0.15) is 5.75 Å². The minimum atomic E-state index is 0.242. The van der Waals surface area contributed by atoms with Crippen LogP contribution in [0.2, 0.25) is 10.0 Å². The summed E-state index contributed by atoms with van der Waals surface area (Å²) in [6.45, 7) is 2.51. The van der Waals surface area contributed by atoms with Crippen LogP contribution in [0, 0.1) is 0 Å². The van der Waals surface area contributed by atoms with Crippen molar-refractivity contribution in [3.63, 3.8) is 0 Å². The van der Waals surface area contributed by atoms with Gasteiger partial charge in [-0.05, 0) is 12.1 Å². The fraction of sp³-hybridized carbons (Fsp3) is 0.333. The van der Waals surface area contributed by atoms with Crippen LogP contribution in [0.1, 0.15) is 17.5 Å². The molecule has 0 bridgehead atoms. The average Bonchev–Trinajstić information content (AvgIpc) is 2.84. The van der Waals surface area contributed by atoms with E-state index in [1.165, 1.54) is 0 Å². The standard InChI is InChI=1S/C18H17Cl2NO4/c19-13-4-11(18-12(5-13)9-22-10-25-18)8-21-15-7-17-16(6-14(15)20)23-2-1-3-24-17/h4-7,21H,1-3,8-10H2. The van der Waals surface area contributed by atoms with Crippen LogP contribution in [0.15, 0.2) is 24.3 Å². The summed E-state index contributed by atoms with van der Waals surface area (Å²) < 4.78 is 22.3. The summed E-state index contributed by atoms with van der Waals surface area (Å²) in [6.07, 6.45) is 0.850. The molecule has 0 saturated carbocycles. The molecule has 2 aliphatic heterocycles. The normalized spacial score (nSPS) is 15.8. The molecule has 4 rings (SSSR count). The van der Waals surface area contributed by atoms with Gasteiger partial charge < -0.3 is 24.3 Å². The van der Waals surface area contributed by atoms with Crippen LogP contribution in [-0.4, -0.2) is 20.0 Å². The highest BCUT2D eigenvalue weighted by molar-refractivity contribution is 6.33. The molecule has 0 radical (unpaired) electrons. The number of ether oxygens (including phenoxy) is 4. The average molecular weight is 382 g/mol. The topological polar surface area (TPSA) is 49.0 Å². The summed E-state index contributed by atoms with van der Waals surface area (Å²) in [4.78, 5) is 0. The van der Waals surface area contributed by atoms with Crippen LogP contribution >= 0.6 is 23.2 Å². The van der Waals surface area contributed by atoms with Gasteiger partial charge in [0.05, 0.1) is 30.5 Å². The SMILES string of the molecule is Clc1cc(CNc2cc3c(cc2Cl)OCCCO3)c2c(c1)COCO2. The second-order valence-electron chi connectivity index (χ2n) is 5.85. The van der Waals surface area contributed by atoms with E-state index in [1.54, 1.807) is 6.07 Å².